The summed E-state index contributed by atoms with van der Waals surface area (Å²) in [6, 6.07) is 7.22. The molecule has 0 atom stereocenters. The van der Waals surface area contributed by atoms with Crippen LogP contribution in [0.4, 0.5) is 0 Å². The number of nitrogens with one attached hydrogen (secondary N) is 1. The zero-order chi connectivity index (χ0) is 12.7. The first-order chi connectivity index (χ1) is 8.11. The van der Waals surface area contributed by atoms with Crippen LogP contribution in [-0.2, 0) is 16.0 Å². The van der Waals surface area contributed by atoms with Gasteiger partial charge in [-0.15, -0.1) is 0 Å². The third-order valence-corrected chi connectivity index (χ3v) is 2.14. The first-order valence-corrected chi connectivity index (χ1v) is 5.32. The summed E-state index contributed by atoms with van der Waals surface area (Å²) >= 11 is 0. The Morgan fingerprint density at radius 2 is 1.94 bits per heavy atom. The van der Waals surface area contributed by atoms with Crippen molar-refractivity contribution in [2.45, 2.75) is 19.8 Å². The first kappa shape index (κ1) is 13.2. The lowest BCUT2D eigenvalue weighted by Gasteiger charge is -2.06. The van der Waals surface area contributed by atoms with Gasteiger partial charge in [-0.2, -0.15) is 0 Å². The first-order valence-electron chi connectivity index (χ1n) is 5.32. The summed E-state index contributed by atoms with van der Waals surface area (Å²) in [7, 11) is 0. The van der Waals surface area contributed by atoms with Gasteiger partial charge in [0.1, 0.15) is 11.5 Å². The predicted molar refractivity (Wildman–Crippen MR) is 63.3 cm³/mol. The van der Waals surface area contributed by atoms with Gasteiger partial charge in [0.05, 0.1) is 13.0 Å². The molecule has 0 aliphatic heterocycles. The molecule has 0 radical (unpaired) electrons. The van der Waals surface area contributed by atoms with Crippen molar-refractivity contribution in [3.63, 3.8) is 0 Å². The van der Waals surface area contributed by atoms with Crippen molar-refractivity contribution in [2.24, 2.45) is 5.84 Å². The minimum Gasteiger partial charge on any atom is -0.493 e. The van der Waals surface area contributed by atoms with Gasteiger partial charge in [-0.05, 0) is 24.6 Å². The number of amides is 1. The fourth-order valence-electron chi connectivity index (χ4n) is 1.32. The van der Waals surface area contributed by atoms with E-state index in [1.807, 2.05) is 17.6 Å². The summed E-state index contributed by atoms with van der Waals surface area (Å²) in [6.45, 7) is 1.82. The molecule has 0 saturated heterocycles. The molecule has 0 fully saturated rings. The van der Waals surface area contributed by atoms with Crippen molar-refractivity contribution in [1.29, 1.82) is 0 Å². The van der Waals surface area contributed by atoms with E-state index in [2.05, 4.69) is 0 Å². The number of hydrogen-bond acceptors (Lipinski definition) is 4. The minimum atomic E-state index is -0.266. The molecule has 0 unspecified atom stereocenters. The zero-order valence-corrected chi connectivity index (χ0v) is 9.73. The normalized spacial score (nSPS) is 9.76. The second-order valence-corrected chi connectivity index (χ2v) is 3.69. The van der Waals surface area contributed by atoms with E-state index < -0.39 is 0 Å². The average Bonchev–Trinajstić information content (AvgIpc) is 2.30. The monoisotopic (exact) mass is 236 g/mol. The molecule has 0 aliphatic carbocycles. The van der Waals surface area contributed by atoms with Crippen LogP contribution in [0, 0.1) is 0 Å². The Morgan fingerprint density at radius 1 is 1.29 bits per heavy atom. The Morgan fingerprint density at radius 3 is 2.47 bits per heavy atom. The van der Waals surface area contributed by atoms with Gasteiger partial charge in [0.25, 0.3) is 0 Å². The molecule has 1 rings (SSSR count). The van der Waals surface area contributed by atoms with E-state index in [9.17, 15) is 9.59 Å². The van der Waals surface area contributed by atoms with E-state index >= 15 is 0 Å². The van der Waals surface area contributed by atoms with Crippen LogP contribution in [0.25, 0.3) is 0 Å². The number of hydrazine groups is 1. The highest BCUT2D eigenvalue weighted by molar-refractivity contribution is 5.78. The number of benzene rings is 1. The predicted octanol–water partition coefficient (Wildman–Crippen LogP) is 0.577. The lowest BCUT2D eigenvalue weighted by atomic mass is 10.1. The molecular formula is C12H16N2O3. The molecule has 3 N–H and O–H groups in total. The molecule has 1 amide bonds. The Labute approximate surface area is 99.9 Å². The Kier molecular flexibility index (Phi) is 5.16. The molecule has 5 nitrogen and oxygen atoms in total. The maximum Gasteiger partial charge on any atom is 0.237 e. The summed E-state index contributed by atoms with van der Waals surface area (Å²) in [5.74, 6) is 5.46. The summed E-state index contributed by atoms with van der Waals surface area (Å²) in [4.78, 5) is 21.7. The van der Waals surface area contributed by atoms with Gasteiger partial charge >= 0.3 is 0 Å². The molecule has 1 aromatic rings. The van der Waals surface area contributed by atoms with Crippen LogP contribution in [0.1, 0.15) is 18.9 Å². The topological polar surface area (TPSA) is 81.4 Å². The van der Waals surface area contributed by atoms with Crippen LogP contribution >= 0.6 is 0 Å². The molecule has 0 aromatic heterocycles. The summed E-state index contributed by atoms with van der Waals surface area (Å²) in [5, 5.41) is 0. The molecule has 0 aliphatic rings. The zero-order valence-electron chi connectivity index (χ0n) is 9.73. The smallest absolute Gasteiger partial charge is 0.237 e. The van der Waals surface area contributed by atoms with Gasteiger partial charge in [0, 0.05) is 6.42 Å². The Hall–Kier alpha value is -1.88. The van der Waals surface area contributed by atoms with Crippen LogP contribution in [0.2, 0.25) is 0 Å². The highest BCUT2D eigenvalue weighted by atomic mass is 16.5. The maximum atomic E-state index is 10.9. The lowest BCUT2D eigenvalue weighted by molar-refractivity contribution is -0.121. The number of ether oxygens (including phenoxy) is 1. The van der Waals surface area contributed by atoms with Crippen LogP contribution in [0.15, 0.2) is 24.3 Å². The highest BCUT2D eigenvalue weighted by Crippen LogP contribution is 2.12. The largest absolute Gasteiger partial charge is 0.493 e. The number of ketones is 1. The number of nitrogens with two attached hydrogens (primary N) is 1. The Bertz CT molecular complexity index is 387. The van der Waals surface area contributed by atoms with Gasteiger partial charge in [-0.25, -0.2) is 5.84 Å². The highest BCUT2D eigenvalue weighted by Gasteiger charge is 2.01. The van der Waals surface area contributed by atoms with Gasteiger partial charge in [-0.1, -0.05) is 12.1 Å². The van der Waals surface area contributed by atoms with Crippen LogP contribution < -0.4 is 16.0 Å². The quantitative estimate of drug-likeness (QED) is 0.430. The van der Waals surface area contributed by atoms with E-state index in [-0.39, 0.29) is 24.7 Å². The van der Waals surface area contributed by atoms with Crippen molar-refractivity contribution in [2.75, 3.05) is 6.61 Å². The van der Waals surface area contributed by atoms with E-state index in [0.29, 0.717) is 12.2 Å². The van der Waals surface area contributed by atoms with Crippen molar-refractivity contribution in [3.05, 3.63) is 29.8 Å². The molecular weight excluding hydrogens is 220 g/mol. The minimum absolute atomic E-state index is 0.123. The number of Topliss-reactive ketones (excluding diaryl/α,β-unsaturated/α-hetero) is 1. The van der Waals surface area contributed by atoms with Gasteiger partial charge < -0.3 is 4.74 Å². The van der Waals surface area contributed by atoms with Crippen molar-refractivity contribution < 1.29 is 14.3 Å². The molecule has 1 aromatic carbocycles. The van der Waals surface area contributed by atoms with E-state index in [1.165, 1.54) is 0 Å². The average molecular weight is 236 g/mol. The molecule has 0 bridgehead atoms. The fraction of sp³-hybridized carbons (Fsp3) is 0.333. The van der Waals surface area contributed by atoms with Gasteiger partial charge in [-0.3, -0.25) is 15.0 Å². The molecule has 17 heavy (non-hydrogen) atoms. The van der Waals surface area contributed by atoms with E-state index in [4.69, 9.17) is 10.6 Å². The maximum absolute atomic E-state index is 10.9. The summed E-state index contributed by atoms with van der Waals surface area (Å²) < 4.78 is 5.34. The SMILES string of the molecule is CC(=O)Cc1ccc(OCCC(=O)NN)cc1. The van der Waals surface area contributed by atoms with E-state index in [1.54, 1.807) is 19.1 Å². The number of hydrogen-bond donors (Lipinski definition) is 2. The molecule has 5 heteroatoms. The van der Waals surface area contributed by atoms with Crippen molar-refractivity contribution in [1.82, 2.24) is 5.43 Å². The third kappa shape index (κ3) is 5.12. The number of carbonyl (C=O) groups is 2. The van der Waals surface area contributed by atoms with Gasteiger partial charge in [0.2, 0.25) is 5.91 Å². The summed E-state index contributed by atoms with van der Waals surface area (Å²) in [5.41, 5.74) is 2.97. The van der Waals surface area contributed by atoms with Crippen LogP contribution in [-0.4, -0.2) is 18.3 Å². The fourth-order valence-corrected chi connectivity index (χ4v) is 1.32. The number of rotatable bonds is 6. The molecule has 0 spiro atoms. The van der Waals surface area contributed by atoms with Crippen LogP contribution in [0.3, 0.4) is 0 Å². The van der Waals surface area contributed by atoms with Crippen LogP contribution in [0.5, 0.6) is 5.75 Å². The standard InChI is InChI=1S/C12H16N2O3/c1-9(15)8-10-2-4-11(5-3-10)17-7-6-12(16)14-13/h2-5H,6-8,13H2,1H3,(H,14,16). The Balaban J connectivity index is 2.40. The molecule has 0 saturated carbocycles. The molecule has 92 valence electrons. The second-order valence-electron chi connectivity index (χ2n) is 3.69. The van der Waals surface area contributed by atoms with Crippen molar-refractivity contribution >= 4 is 11.7 Å². The summed E-state index contributed by atoms with van der Waals surface area (Å²) in [6.07, 6.45) is 0.640. The lowest BCUT2D eigenvalue weighted by Crippen LogP contribution is -2.31. The van der Waals surface area contributed by atoms with E-state index in [0.717, 1.165) is 5.56 Å². The molecule has 0 heterocycles. The third-order valence-electron chi connectivity index (χ3n) is 2.14. The van der Waals surface area contributed by atoms with Gasteiger partial charge in [0.15, 0.2) is 0 Å². The number of carbonyl (C=O) groups excluding carboxylic acids is 2. The van der Waals surface area contributed by atoms with Crippen molar-refractivity contribution in [3.8, 4) is 5.75 Å². The second kappa shape index (κ2) is 6.65.